The molecule has 0 bridgehead atoms. The molecule has 1 aliphatic rings. The molecule has 1 heterocycles. The standard InChI is InChI=1S/C27H20ClF6NO3/c1-2-37-26(36)23-11-15(27(32,33)34)10-22(35-23)18-5-3-4-17(18)19-12-16(28)6-7-24(19)38-13-14-8-20(29)25(31)21(30)9-14/h6-12H,2-5,13H2,1H3. The number of pyridine rings is 1. The molecule has 200 valence electrons. The third-order valence-electron chi connectivity index (χ3n) is 5.87. The molecule has 0 radical (unpaired) electrons. The number of benzene rings is 2. The van der Waals surface area contributed by atoms with Crippen molar-refractivity contribution >= 4 is 28.7 Å². The van der Waals surface area contributed by atoms with Crippen LogP contribution in [0.15, 0.2) is 42.5 Å². The van der Waals surface area contributed by atoms with Gasteiger partial charge in [0.25, 0.3) is 0 Å². The molecule has 0 saturated carbocycles. The molecule has 0 amide bonds. The summed E-state index contributed by atoms with van der Waals surface area (Å²) in [7, 11) is 0. The van der Waals surface area contributed by atoms with Crippen LogP contribution in [0, 0.1) is 17.5 Å². The third kappa shape index (κ3) is 5.96. The predicted octanol–water partition coefficient (Wildman–Crippen LogP) is 8.02. The Hall–Kier alpha value is -3.53. The molecule has 0 atom stereocenters. The molecule has 1 aliphatic carbocycles. The van der Waals surface area contributed by atoms with E-state index in [2.05, 4.69) is 4.98 Å². The summed E-state index contributed by atoms with van der Waals surface area (Å²) in [5.41, 5.74) is -0.0192. The molecule has 0 unspecified atom stereocenters. The van der Waals surface area contributed by atoms with Gasteiger partial charge in [-0.1, -0.05) is 11.6 Å². The first kappa shape index (κ1) is 27.5. The number of halogens is 7. The predicted molar refractivity (Wildman–Crippen MR) is 128 cm³/mol. The Morgan fingerprint density at radius 2 is 1.68 bits per heavy atom. The number of carbonyl (C=O) groups excluding carboxylic acids is 1. The number of aromatic nitrogens is 1. The lowest BCUT2D eigenvalue weighted by Gasteiger charge is -2.16. The monoisotopic (exact) mass is 555 g/mol. The van der Waals surface area contributed by atoms with Gasteiger partial charge in [0.1, 0.15) is 18.1 Å². The number of nitrogens with zero attached hydrogens (tertiary/aromatic N) is 1. The van der Waals surface area contributed by atoms with Gasteiger partial charge >= 0.3 is 12.1 Å². The van der Waals surface area contributed by atoms with Gasteiger partial charge in [-0.2, -0.15) is 13.2 Å². The van der Waals surface area contributed by atoms with Crippen LogP contribution in [0.25, 0.3) is 11.1 Å². The van der Waals surface area contributed by atoms with Gasteiger partial charge in [-0.05, 0) is 85.4 Å². The molecule has 11 heteroatoms. The number of ether oxygens (including phenoxy) is 2. The van der Waals surface area contributed by atoms with Crippen molar-refractivity contribution in [1.29, 1.82) is 0 Å². The van der Waals surface area contributed by atoms with Crippen LogP contribution in [-0.4, -0.2) is 17.6 Å². The second-order valence-corrected chi connectivity index (χ2v) is 8.89. The van der Waals surface area contributed by atoms with Crippen LogP contribution in [0.2, 0.25) is 5.02 Å². The summed E-state index contributed by atoms with van der Waals surface area (Å²) in [6.45, 7) is 1.17. The van der Waals surface area contributed by atoms with E-state index < -0.39 is 40.9 Å². The number of esters is 1. The van der Waals surface area contributed by atoms with Gasteiger partial charge in [-0.3, -0.25) is 0 Å². The molecular weight excluding hydrogens is 536 g/mol. The quantitative estimate of drug-likeness (QED) is 0.168. The number of hydrogen-bond acceptors (Lipinski definition) is 4. The largest absolute Gasteiger partial charge is 0.488 e. The van der Waals surface area contributed by atoms with Crippen molar-refractivity contribution in [3.05, 3.63) is 93.0 Å². The molecule has 0 spiro atoms. The summed E-state index contributed by atoms with van der Waals surface area (Å²) in [6.07, 6.45) is -3.34. The van der Waals surface area contributed by atoms with Gasteiger partial charge in [-0.15, -0.1) is 0 Å². The van der Waals surface area contributed by atoms with Crippen LogP contribution in [0.3, 0.4) is 0 Å². The molecule has 0 N–H and O–H groups in total. The fourth-order valence-corrected chi connectivity index (χ4v) is 4.37. The van der Waals surface area contributed by atoms with E-state index in [0.717, 1.165) is 18.2 Å². The molecule has 2 aromatic carbocycles. The lowest BCUT2D eigenvalue weighted by atomic mass is 9.98. The van der Waals surface area contributed by atoms with Crippen molar-refractivity contribution in [2.75, 3.05) is 6.61 Å². The summed E-state index contributed by atoms with van der Waals surface area (Å²) in [4.78, 5) is 16.4. The lowest BCUT2D eigenvalue weighted by Crippen LogP contribution is -2.13. The number of allylic oxidation sites excluding steroid dienone is 2. The zero-order valence-corrected chi connectivity index (χ0v) is 20.7. The minimum atomic E-state index is -4.73. The number of alkyl halides is 3. The molecule has 4 rings (SSSR count). The summed E-state index contributed by atoms with van der Waals surface area (Å²) in [5, 5.41) is 0.314. The zero-order valence-electron chi connectivity index (χ0n) is 19.9. The Kier molecular flexibility index (Phi) is 8.01. The van der Waals surface area contributed by atoms with E-state index >= 15 is 0 Å². The van der Waals surface area contributed by atoms with E-state index in [1.807, 2.05) is 0 Å². The minimum absolute atomic E-state index is 0.0292. The van der Waals surface area contributed by atoms with Crippen molar-refractivity contribution in [2.45, 2.75) is 39.0 Å². The fourth-order valence-electron chi connectivity index (χ4n) is 4.20. The second-order valence-electron chi connectivity index (χ2n) is 8.46. The van der Waals surface area contributed by atoms with Gasteiger partial charge in [0.2, 0.25) is 0 Å². The second kappa shape index (κ2) is 11.1. The number of hydrogen-bond donors (Lipinski definition) is 0. The van der Waals surface area contributed by atoms with Gasteiger partial charge < -0.3 is 9.47 Å². The van der Waals surface area contributed by atoms with E-state index in [9.17, 15) is 31.1 Å². The summed E-state index contributed by atoms with van der Waals surface area (Å²) < 4.78 is 92.1. The van der Waals surface area contributed by atoms with Crippen molar-refractivity contribution in [3.63, 3.8) is 0 Å². The topological polar surface area (TPSA) is 48.4 Å². The van der Waals surface area contributed by atoms with Gasteiger partial charge in [-0.25, -0.2) is 22.9 Å². The molecule has 0 saturated heterocycles. The summed E-state index contributed by atoms with van der Waals surface area (Å²) >= 11 is 6.21. The van der Waals surface area contributed by atoms with E-state index in [1.165, 1.54) is 19.1 Å². The Morgan fingerprint density at radius 1 is 1.00 bits per heavy atom. The van der Waals surface area contributed by atoms with Crippen LogP contribution in [0.4, 0.5) is 26.3 Å². The number of rotatable bonds is 7. The Morgan fingerprint density at radius 3 is 2.34 bits per heavy atom. The zero-order chi connectivity index (χ0) is 27.6. The van der Waals surface area contributed by atoms with Gasteiger partial charge in [0.05, 0.1) is 17.9 Å². The van der Waals surface area contributed by atoms with E-state index in [-0.39, 0.29) is 30.2 Å². The highest BCUT2D eigenvalue weighted by Gasteiger charge is 2.34. The summed E-state index contributed by atoms with van der Waals surface area (Å²) in [5.74, 6) is -5.07. The van der Waals surface area contributed by atoms with E-state index in [1.54, 1.807) is 6.07 Å². The smallest absolute Gasteiger partial charge is 0.416 e. The third-order valence-corrected chi connectivity index (χ3v) is 6.10. The average molecular weight is 556 g/mol. The van der Waals surface area contributed by atoms with Crippen molar-refractivity contribution in [2.24, 2.45) is 0 Å². The molecule has 0 fully saturated rings. The normalized spacial score (nSPS) is 13.7. The molecule has 38 heavy (non-hydrogen) atoms. The highest BCUT2D eigenvalue weighted by Crippen LogP contribution is 2.44. The van der Waals surface area contributed by atoms with Crippen molar-refractivity contribution in [1.82, 2.24) is 4.98 Å². The van der Waals surface area contributed by atoms with Crippen molar-refractivity contribution < 1.29 is 40.6 Å². The molecular formula is C27H20ClF6NO3. The van der Waals surface area contributed by atoms with Crippen LogP contribution in [0.5, 0.6) is 5.75 Å². The van der Waals surface area contributed by atoms with Gasteiger partial charge in [0.15, 0.2) is 17.5 Å². The lowest BCUT2D eigenvalue weighted by molar-refractivity contribution is -0.137. The Balaban J connectivity index is 1.77. The maximum absolute atomic E-state index is 13.7. The van der Waals surface area contributed by atoms with Crippen LogP contribution in [0.1, 0.15) is 59.1 Å². The SMILES string of the molecule is CCOC(=O)c1cc(C(F)(F)F)cc(C2=C(c3cc(Cl)ccc3OCc3cc(F)c(F)c(F)c3)CCC2)n1. The Bertz CT molecular complexity index is 1400. The molecule has 1 aromatic heterocycles. The summed E-state index contributed by atoms with van der Waals surface area (Å²) in [6, 6.07) is 7.71. The van der Waals surface area contributed by atoms with E-state index in [0.29, 0.717) is 47.1 Å². The minimum Gasteiger partial charge on any atom is -0.488 e. The highest BCUT2D eigenvalue weighted by atomic mass is 35.5. The first-order valence-corrected chi connectivity index (χ1v) is 11.9. The number of carbonyl (C=O) groups is 1. The van der Waals surface area contributed by atoms with Crippen LogP contribution in [-0.2, 0) is 17.5 Å². The first-order valence-electron chi connectivity index (χ1n) is 11.5. The highest BCUT2D eigenvalue weighted by molar-refractivity contribution is 6.30. The average Bonchev–Trinajstić information content (AvgIpc) is 3.35. The van der Waals surface area contributed by atoms with Crippen LogP contribution >= 0.6 is 11.6 Å². The Labute approximate surface area is 218 Å². The fraction of sp³-hybridized carbons (Fsp3) is 0.259. The molecule has 4 nitrogen and oxygen atoms in total. The molecule has 3 aromatic rings. The first-order chi connectivity index (χ1) is 18.0. The van der Waals surface area contributed by atoms with Crippen molar-refractivity contribution in [3.8, 4) is 5.75 Å². The molecule has 0 aliphatic heterocycles. The van der Waals surface area contributed by atoms with Crippen LogP contribution < -0.4 is 4.74 Å². The van der Waals surface area contributed by atoms with Gasteiger partial charge in [0, 0.05) is 10.6 Å². The van der Waals surface area contributed by atoms with E-state index in [4.69, 9.17) is 21.1 Å². The maximum atomic E-state index is 13.7. The maximum Gasteiger partial charge on any atom is 0.416 e.